The molecule has 2 saturated heterocycles. The second-order valence-corrected chi connectivity index (χ2v) is 9.91. The molecule has 3 aliphatic rings. The number of methoxy groups -OCH3 is 1. The summed E-state index contributed by atoms with van der Waals surface area (Å²) in [6.07, 6.45) is 0. The van der Waals surface area contributed by atoms with Gasteiger partial charge in [0, 0.05) is 30.0 Å². The lowest BCUT2D eigenvalue weighted by atomic mass is 9.73. The smallest absolute Gasteiger partial charge is 0.249 e. The average molecular weight is 487 g/mol. The molecule has 3 aromatic rings. The van der Waals surface area contributed by atoms with Crippen molar-refractivity contribution in [3.05, 3.63) is 95.3 Å². The zero-order chi connectivity index (χ0) is 25.0. The minimum Gasteiger partial charge on any atom is -0.497 e. The number of piperazine rings is 1. The van der Waals surface area contributed by atoms with Crippen molar-refractivity contribution >= 4 is 11.8 Å². The maximum atomic E-state index is 14.3. The van der Waals surface area contributed by atoms with E-state index in [9.17, 15) is 14.0 Å². The van der Waals surface area contributed by atoms with Crippen LogP contribution in [0.15, 0.2) is 72.8 Å². The number of carbonyl (C=O) groups is 2. The van der Waals surface area contributed by atoms with Crippen molar-refractivity contribution in [2.75, 3.05) is 20.3 Å². The van der Waals surface area contributed by atoms with Crippen molar-refractivity contribution in [1.29, 1.82) is 0 Å². The molecule has 3 aromatic carbocycles. The van der Waals surface area contributed by atoms with E-state index in [1.807, 2.05) is 60.4 Å². The Kier molecular flexibility index (Phi) is 5.25. The molecule has 2 fully saturated rings. The molecule has 7 heteroatoms. The lowest BCUT2D eigenvalue weighted by molar-refractivity contribution is -0.164. The molecule has 4 atom stereocenters. The van der Waals surface area contributed by atoms with Crippen LogP contribution in [0.2, 0.25) is 0 Å². The molecular weight excluding hydrogens is 459 g/mol. The molecule has 0 aliphatic carbocycles. The minimum absolute atomic E-state index is 0.0249. The Hall–Kier alpha value is -3.87. The maximum Gasteiger partial charge on any atom is 0.249 e. The van der Waals surface area contributed by atoms with E-state index in [1.54, 1.807) is 24.1 Å². The van der Waals surface area contributed by atoms with Crippen molar-refractivity contribution in [2.45, 2.75) is 31.0 Å². The summed E-state index contributed by atoms with van der Waals surface area (Å²) >= 11 is 0. The van der Waals surface area contributed by atoms with Gasteiger partial charge in [-0.3, -0.25) is 9.59 Å². The van der Waals surface area contributed by atoms with Crippen LogP contribution in [0, 0.1) is 11.7 Å². The van der Waals surface area contributed by atoms with Crippen LogP contribution in [0.25, 0.3) is 0 Å². The summed E-state index contributed by atoms with van der Waals surface area (Å²) in [6.45, 7) is 2.50. The predicted octanol–water partition coefficient (Wildman–Crippen LogP) is 4.31. The molecule has 6 rings (SSSR count). The van der Waals surface area contributed by atoms with E-state index in [2.05, 4.69) is 0 Å². The Morgan fingerprint density at radius 2 is 1.81 bits per heavy atom. The normalized spacial score (nSPS) is 26.7. The van der Waals surface area contributed by atoms with Crippen molar-refractivity contribution < 1.29 is 23.5 Å². The average Bonchev–Trinajstić information content (AvgIpc) is 3.18. The van der Waals surface area contributed by atoms with E-state index >= 15 is 0 Å². The van der Waals surface area contributed by atoms with Gasteiger partial charge in [0.15, 0.2) is 0 Å². The number of benzene rings is 3. The Labute approximate surface area is 209 Å². The zero-order valence-corrected chi connectivity index (χ0v) is 20.2. The van der Waals surface area contributed by atoms with Gasteiger partial charge in [-0.1, -0.05) is 42.5 Å². The first kappa shape index (κ1) is 22.6. The Balaban J connectivity index is 1.46. The van der Waals surface area contributed by atoms with Crippen LogP contribution in [-0.2, 0) is 16.1 Å². The van der Waals surface area contributed by atoms with E-state index in [-0.39, 0.29) is 48.6 Å². The van der Waals surface area contributed by atoms with Gasteiger partial charge in [0.2, 0.25) is 11.8 Å². The van der Waals surface area contributed by atoms with Crippen LogP contribution in [0.4, 0.5) is 4.39 Å². The zero-order valence-electron chi connectivity index (χ0n) is 20.2. The van der Waals surface area contributed by atoms with Crippen LogP contribution < -0.4 is 9.47 Å². The summed E-state index contributed by atoms with van der Waals surface area (Å²) in [5.41, 5.74) is 1.58. The molecule has 3 aliphatic heterocycles. The standard InChI is InChI=1S/C29H27FN2O4/c1-29-26(19-6-4-3-5-7-19)23-17-36-24-14-21(35-2)12-13-22(24)27(23)32(29)25(33)16-31(28(29)34)15-18-8-10-20(30)11-9-18/h3-14,23,26-27H,15-17H2,1-2H3/t23-,26+,27-,29-/m1/s1. The SMILES string of the molecule is COc1ccc2c(c1)OC[C@H]1[C@@H]2N2C(=O)CN(Cc3ccc(F)cc3)C(=O)[C@@]2(C)[C@H]1c1ccccc1. The number of hydrogen-bond acceptors (Lipinski definition) is 4. The molecule has 0 aromatic heterocycles. The summed E-state index contributed by atoms with van der Waals surface area (Å²) in [7, 11) is 1.61. The van der Waals surface area contributed by atoms with Crippen LogP contribution in [0.1, 0.15) is 35.6 Å². The highest BCUT2D eigenvalue weighted by Gasteiger charge is 2.66. The molecule has 2 amide bonds. The molecule has 0 bridgehead atoms. The highest BCUT2D eigenvalue weighted by atomic mass is 19.1. The second-order valence-electron chi connectivity index (χ2n) is 9.91. The monoisotopic (exact) mass is 486 g/mol. The third-order valence-corrected chi connectivity index (χ3v) is 7.95. The van der Waals surface area contributed by atoms with Gasteiger partial charge in [-0.15, -0.1) is 0 Å². The minimum atomic E-state index is -1.10. The highest BCUT2D eigenvalue weighted by molar-refractivity contribution is 6.00. The Morgan fingerprint density at radius 3 is 2.53 bits per heavy atom. The van der Waals surface area contributed by atoms with Gasteiger partial charge in [-0.05, 0) is 42.3 Å². The molecule has 184 valence electrons. The number of nitrogens with zero attached hydrogens (tertiary/aromatic N) is 2. The van der Waals surface area contributed by atoms with Gasteiger partial charge >= 0.3 is 0 Å². The van der Waals surface area contributed by atoms with E-state index in [4.69, 9.17) is 9.47 Å². The van der Waals surface area contributed by atoms with E-state index in [0.29, 0.717) is 18.1 Å². The fourth-order valence-corrected chi connectivity index (χ4v) is 6.44. The number of hydrogen-bond donors (Lipinski definition) is 0. The van der Waals surface area contributed by atoms with Gasteiger partial charge < -0.3 is 19.3 Å². The lowest BCUT2D eigenvalue weighted by Gasteiger charge is -2.47. The molecular formula is C29H27FN2O4. The van der Waals surface area contributed by atoms with Crippen molar-refractivity contribution in [2.24, 2.45) is 5.92 Å². The van der Waals surface area contributed by atoms with Crippen LogP contribution in [0.3, 0.4) is 0 Å². The number of carbonyl (C=O) groups excluding carboxylic acids is 2. The number of ether oxygens (including phenoxy) is 2. The van der Waals surface area contributed by atoms with Crippen molar-refractivity contribution in [1.82, 2.24) is 9.80 Å². The molecule has 0 N–H and O–H groups in total. The number of rotatable bonds is 4. The second kappa shape index (κ2) is 8.36. The van der Waals surface area contributed by atoms with Gasteiger partial charge in [0.1, 0.15) is 29.4 Å². The maximum absolute atomic E-state index is 14.3. The third-order valence-electron chi connectivity index (χ3n) is 7.95. The summed E-state index contributed by atoms with van der Waals surface area (Å²) in [4.78, 5) is 31.6. The lowest BCUT2D eigenvalue weighted by Crippen LogP contribution is -2.65. The first-order valence-electron chi connectivity index (χ1n) is 12.1. The number of amides is 2. The molecule has 0 unspecified atom stereocenters. The third kappa shape index (κ3) is 3.29. The largest absolute Gasteiger partial charge is 0.497 e. The van der Waals surface area contributed by atoms with Crippen LogP contribution >= 0.6 is 0 Å². The first-order valence-corrected chi connectivity index (χ1v) is 12.1. The van der Waals surface area contributed by atoms with Crippen LogP contribution in [0.5, 0.6) is 11.5 Å². The van der Waals surface area contributed by atoms with Gasteiger partial charge in [0.05, 0.1) is 19.8 Å². The quantitative estimate of drug-likeness (QED) is 0.552. The Bertz CT molecular complexity index is 1330. The van der Waals surface area contributed by atoms with E-state index in [1.165, 1.54) is 12.1 Å². The predicted molar refractivity (Wildman–Crippen MR) is 131 cm³/mol. The number of halogens is 1. The number of fused-ring (bicyclic) bond motifs is 5. The van der Waals surface area contributed by atoms with Crippen molar-refractivity contribution in [3.8, 4) is 11.5 Å². The highest BCUT2D eigenvalue weighted by Crippen LogP contribution is 2.60. The fraction of sp³-hybridized carbons (Fsp3) is 0.310. The molecule has 6 nitrogen and oxygen atoms in total. The van der Waals surface area contributed by atoms with E-state index < -0.39 is 5.54 Å². The van der Waals surface area contributed by atoms with Gasteiger partial charge in [-0.2, -0.15) is 0 Å². The summed E-state index contributed by atoms with van der Waals surface area (Å²) in [6, 6.07) is 21.3. The summed E-state index contributed by atoms with van der Waals surface area (Å²) in [5, 5.41) is 0. The topological polar surface area (TPSA) is 59.1 Å². The molecule has 0 saturated carbocycles. The summed E-state index contributed by atoms with van der Waals surface area (Å²) in [5.74, 6) is 0.460. The van der Waals surface area contributed by atoms with Gasteiger partial charge in [0.25, 0.3) is 0 Å². The van der Waals surface area contributed by atoms with Crippen molar-refractivity contribution in [3.63, 3.8) is 0 Å². The molecule has 0 radical (unpaired) electrons. The summed E-state index contributed by atoms with van der Waals surface area (Å²) < 4.78 is 25.0. The van der Waals surface area contributed by atoms with Gasteiger partial charge in [-0.25, -0.2) is 4.39 Å². The Morgan fingerprint density at radius 1 is 1.06 bits per heavy atom. The molecule has 3 heterocycles. The molecule has 0 spiro atoms. The molecule has 36 heavy (non-hydrogen) atoms. The fourth-order valence-electron chi connectivity index (χ4n) is 6.44. The first-order chi connectivity index (χ1) is 17.4. The van der Waals surface area contributed by atoms with Crippen LogP contribution in [-0.4, -0.2) is 47.4 Å². The van der Waals surface area contributed by atoms with E-state index in [0.717, 1.165) is 16.7 Å².